The Balaban J connectivity index is 1.29. The van der Waals surface area contributed by atoms with Gasteiger partial charge >= 0.3 is 0 Å². The van der Waals surface area contributed by atoms with Crippen molar-refractivity contribution in [1.29, 1.82) is 0 Å². The third-order valence-corrected chi connectivity index (χ3v) is 6.50. The summed E-state index contributed by atoms with van der Waals surface area (Å²) in [6.07, 6.45) is 2.62. The number of benzene rings is 2. The number of para-hydroxylation sites is 3. The molecule has 2 N–H and O–H groups in total. The number of hydrogen-bond donors (Lipinski definition) is 2. The van der Waals surface area contributed by atoms with Crippen molar-refractivity contribution in [2.75, 3.05) is 51.8 Å². The van der Waals surface area contributed by atoms with E-state index in [2.05, 4.69) is 21.2 Å². The average Bonchev–Trinajstić information content (AvgIpc) is 3.67. The Labute approximate surface area is 202 Å². The number of ether oxygens (including phenoxy) is 2. The predicted octanol–water partition coefficient (Wildman–Crippen LogP) is 3.01. The quantitative estimate of drug-likeness (QED) is 0.526. The Morgan fingerprint density at radius 2 is 1.82 bits per heavy atom. The van der Waals surface area contributed by atoms with Crippen LogP contribution in [0.4, 0.5) is 5.69 Å². The monoisotopic (exact) mass is 465 g/mol. The van der Waals surface area contributed by atoms with E-state index in [1.54, 1.807) is 7.11 Å². The lowest BCUT2D eigenvalue weighted by Crippen LogP contribution is -2.56. The van der Waals surface area contributed by atoms with E-state index < -0.39 is 6.10 Å². The van der Waals surface area contributed by atoms with Crippen molar-refractivity contribution in [2.24, 2.45) is 0 Å². The van der Waals surface area contributed by atoms with Gasteiger partial charge in [0, 0.05) is 37.9 Å². The number of aryl methyl sites for hydroxylation is 2. The first kappa shape index (κ1) is 24.3. The molecule has 4 rings (SSSR count). The van der Waals surface area contributed by atoms with Crippen molar-refractivity contribution >= 4 is 11.6 Å². The molecule has 1 aliphatic carbocycles. The summed E-state index contributed by atoms with van der Waals surface area (Å²) in [5.74, 6) is 1.30. The van der Waals surface area contributed by atoms with Gasteiger partial charge in [0.05, 0.1) is 13.7 Å². The number of rotatable bonds is 10. The molecule has 0 spiro atoms. The topological polar surface area (TPSA) is 74.3 Å². The number of piperazine rings is 1. The first-order valence-corrected chi connectivity index (χ1v) is 11.9. The van der Waals surface area contributed by atoms with E-state index in [9.17, 15) is 9.90 Å². The number of aliphatic hydroxyl groups excluding tert-OH is 1. The number of allylic oxidation sites excluding steroid dienone is 1. The van der Waals surface area contributed by atoms with Crippen LogP contribution >= 0.6 is 0 Å². The van der Waals surface area contributed by atoms with Gasteiger partial charge in [-0.2, -0.15) is 0 Å². The molecule has 2 atom stereocenters. The van der Waals surface area contributed by atoms with Gasteiger partial charge in [-0.1, -0.05) is 42.0 Å². The number of carbonyl (C=O) groups excluding carboxylic acids is 1. The van der Waals surface area contributed by atoms with E-state index in [0.717, 1.165) is 42.9 Å². The molecule has 2 aromatic carbocycles. The van der Waals surface area contributed by atoms with E-state index in [0.29, 0.717) is 24.6 Å². The zero-order chi connectivity index (χ0) is 24.1. The number of amides is 1. The van der Waals surface area contributed by atoms with Crippen LogP contribution in [0.2, 0.25) is 0 Å². The van der Waals surface area contributed by atoms with Crippen LogP contribution < -0.4 is 14.8 Å². The highest BCUT2D eigenvalue weighted by molar-refractivity contribution is 5.93. The summed E-state index contributed by atoms with van der Waals surface area (Å²) in [7, 11) is 1.61. The molecule has 7 heteroatoms. The van der Waals surface area contributed by atoms with Gasteiger partial charge < -0.3 is 19.9 Å². The molecule has 1 amide bonds. The Kier molecular flexibility index (Phi) is 7.88. The van der Waals surface area contributed by atoms with Crippen LogP contribution in [0.5, 0.6) is 11.5 Å². The normalized spacial score (nSPS) is 19.3. The minimum atomic E-state index is -0.620. The van der Waals surface area contributed by atoms with Crippen molar-refractivity contribution in [2.45, 2.75) is 32.4 Å². The van der Waals surface area contributed by atoms with E-state index in [1.165, 1.54) is 5.57 Å². The van der Waals surface area contributed by atoms with Crippen LogP contribution in [-0.4, -0.2) is 79.4 Å². The fourth-order valence-corrected chi connectivity index (χ4v) is 4.56. The average molecular weight is 466 g/mol. The van der Waals surface area contributed by atoms with Crippen molar-refractivity contribution in [3.8, 4) is 11.5 Å². The number of β-amino-alcohol motifs (C(OH)–C–C–N with tert-alkyl or cyclic N) is 1. The smallest absolute Gasteiger partial charge is 0.238 e. The van der Waals surface area contributed by atoms with E-state index in [1.807, 2.05) is 56.3 Å². The number of hydrogen-bond acceptors (Lipinski definition) is 6. The number of methoxy groups -OCH3 is 1. The summed E-state index contributed by atoms with van der Waals surface area (Å²) in [5, 5.41) is 13.8. The molecular formula is C27H35N3O4. The largest absolute Gasteiger partial charge is 0.493 e. The Bertz CT molecular complexity index is 1020. The van der Waals surface area contributed by atoms with Gasteiger partial charge in [-0.15, -0.1) is 0 Å². The summed E-state index contributed by atoms with van der Waals surface area (Å²) in [4.78, 5) is 17.3. The van der Waals surface area contributed by atoms with Gasteiger partial charge in [-0.25, -0.2) is 0 Å². The van der Waals surface area contributed by atoms with Gasteiger partial charge in [0.25, 0.3) is 0 Å². The second-order valence-corrected chi connectivity index (χ2v) is 9.16. The lowest BCUT2D eigenvalue weighted by molar-refractivity contribution is -0.118. The molecule has 1 heterocycles. The zero-order valence-electron chi connectivity index (χ0n) is 20.3. The number of nitrogens with zero attached hydrogens (tertiary/aromatic N) is 2. The summed E-state index contributed by atoms with van der Waals surface area (Å²) in [5.41, 5.74) is 4.44. The van der Waals surface area contributed by atoms with Crippen molar-refractivity contribution in [1.82, 2.24) is 9.80 Å². The van der Waals surface area contributed by atoms with E-state index in [-0.39, 0.29) is 18.6 Å². The fourth-order valence-electron chi connectivity index (χ4n) is 4.56. The third kappa shape index (κ3) is 6.17. The molecule has 0 aromatic heterocycles. The van der Waals surface area contributed by atoms with Crippen LogP contribution in [0.25, 0.3) is 0 Å². The van der Waals surface area contributed by atoms with Crippen LogP contribution in [-0.2, 0) is 4.79 Å². The number of carbonyl (C=O) groups is 1. The maximum Gasteiger partial charge on any atom is 0.238 e. The highest BCUT2D eigenvalue weighted by Gasteiger charge is 2.34. The molecule has 1 saturated heterocycles. The molecule has 2 aliphatic rings. The highest BCUT2D eigenvalue weighted by atomic mass is 16.5. The molecule has 2 aromatic rings. The number of anilines is 1. The minimum Gasteiger partial charge on any atom is -0.493 e. The Hall–Kier alpha value is -2.87. The van der Waals surface area contributed by atoms with Gasteiger partial charge in [0.15, 0.2) is 11.5 Å². The van der Waals surface area contributed by atoms with Crippen LogP contribution in [0, 0.1) is 13.8 Å². The molecule has 2 unspecified atom stereocenters. The minimum absolute atomic E-state index is 0.0135. The van der Waals surface area contributed by atoms with Crippen molar-refractivity contribution in [3.63, 3.8) is 0 Å². The van der Waals surface area contributed by atoms with Gasteiger partial charge in [-0.3, -0.25) is 14.6 Å². The molecular weight excluding hydrogens is 430 g/mol. The molecule has 1 aliphatic heterocycles. The molecule has 1 fully saturated rings. The lowest BCUT2D eigenvalue weighted by atomic mass is 10.1. The second kappa shape index (κ2) is 11.0. The molecule has 0 radical (unpaired) electrons. The number of nitrogens with one attached hydrogen (secondary N) is 1. The van der Waals surface area contributed by atoms with E-state index >= 15 is 0 Å². The summed E-state index contributed by atoms with van der Waals surface area (Å²) < 4.78 is 11.1. The summed E-state index contributed by atoms with van der Waals surface area (Å²) >= 11 is 0. The Morgan fingerprint density at radius 1 is 1.12 bits per heavy atom. The predicted molar refractivity (Wildman–Crippen MR) is 134 cm³/mol. The zero-order valence-corrected chi connectivity index (χ0v) is 20.3. The van der Waals surface area contributed by atoms with Crippen molar-refractivity contribution in [3.05, 3.63) is 65.2 Å². The number of aliphatic hydroxyl groups is 1. The first-order chi connectivity index (χ1) is 16.4. The lowest BCUT2D eigenvalue weighted by Gasteiger charge is -2.41. The summed E-state index contributed by atoms with van der Waals surface area (Å²) in [6, 6.07) is 13.7. The fraction of sp³-hybridized carbons (Fsp3) is 0.444. The Morgan fingerprint density at radius 3 is 2.50 bits per heavy atom. The summed E-state index contributed by atoms with van der Waals surface area (Å²) in [6.45, 7) is 7.48. The van der Waals surface area contributed by atoms with Crippen LogP contribution in [0.3, 0.4) is 0 Å². The molecule has 0 saturated carbocycles. The standard InChI is InChI=1S/C27H35N3O4/c1-19-7-6-8-20(2)27(19)28-26(32)17-29-13-14-30(23(16-29)21-11-12-21)15-22(31)18-34-25-10-5-4-9-24(25)33-3/h4-11,22-23,31H,12-18H2,1-3H3,(H,28,32). The van der Waals surface area contributed by atoms with Crippen molar-refractivity contribution < 1.29 is 19.4 Å². The SMILES string of the molecule is COc1ccccc1OCC(O)CN1CCN(CC(=O)Nc2c(C)cccc2C)CC1C1=CC1. The third-order valence-electron chi connectivity index (χ3n) is 6.50. The molecule has 182 valence electrons. The highest BCUT2D eigenvalue weighted by Crippen LogP contribution is 2.30. The van der Waals surface area contributed by atoms with E-state index in [4.69, 9.17) is 9.47 Å². The molecule has 34 heavy (non-hydrogen) atoms. The van der Waals surface area contributed by atoms with Gasteiger partial charge in [0.1, 0.15) is 12.7 Å². The maximum atomic E-state index is 12.8. The molecule has 7 nitrogen and oxygen atoms in total. The van der Waals surface area contributed by atoms with Gasteiger partial charge in [-0.05, 0) is 43.5 Å². The molecule has 0 bridgehead atoms. The van der Waals surface area contributed by atoms with Crippen LogP contribution in [0.1, 0.15) is 17.5 Å². The second-order valence-electron chi connectivity index (χ2n) is 9.16. The first-order valence-electron chi connectivity index (χ1n) is 11.9. The van der Waals surface area contributed by atoms with Crippen LogP contribution in [0.15, 0.2) is 54.1 Å². The van der Waals surface area contributed by atoms with Gasteiger partial charge in [0.2, 0.25) is 5.91 Å². The maximum absolute atomic E-state index is 12.8.